The zero-order chi connectivity index (χ0) is 19.2. The smallest absolute Gasteiger partial charge is 0.251 e. The Morgan fingerprint density at radius 2 is 1.70 bits per heavy atom. The summed E-state index contributed by atoms with van der Waals surface area (Å²) in [4.78, 5) is 26.9. The lowest BCUT2D eigenvalue weighted by Crippen LogP contribution is -2.38. The van der Waals surface area contributed by atoms with Gasteiger partial charge in [-0.1, -0.05) is 48.5 Å². The lowest BCUT2D eigenvalue weighted by molar-refractivity contribution is -0.130. The largest absolute Gasteiger partial charge is 0.349 e. The van der Waals surface area contributed by atoms with E-state index in [2.05, 4.69) is 17.4 Å². The molecule has 2 amide bonds. The van der Waals surface area contributed by atoms with Gasteiger partial charge in [0.15, 0.2) is 0 Å². The van der Waals surface area contributed by atoms with E-state index < -0.39 is 0 Å². The lowest BCUT2D eigenvalue weighted by atomic mass is 9.89. The van der Waals surface area contributed by atoms with E-state index in [9.17, 15) is 9.59 Å². The molecule has 1 fully saturated rings. The Hall–Kier alpha value is -2.66. The van der Waals surface area contributed by atoms with Crippen LogP contribution in [0.4, 0.5) is 0 Å². The fourth-order valence-electron chi connectivity index (χ4n) is 3.73. The summed E-state index contributed by atoms with van der Waals surface area (Å²) in [5, 5.41) is 2.91. The minimum absolute atomic E-state index is 0.0627. The van der Waals surface area contributed by atoms with Crippen LogP contribution in [-0.4, -0.2) is 42.4 Å². The summed E-state index contributed by atoms with van der Waals surface area (Å²) in [6.45, 7) is 3.78. The topological polar surface area (TPSA) is 75.4 Å². The maximum absolute atomic E-state index is 12.7. The summed E-state index contributed by atoms with van der Waals surface area (Å²) in [6.07, 6.45) is 0.289. The molecule has 3 rings (SSSR count). The van der Waals surface area contributed by atoms with Crippen molar-refractivity contribution in [3.05, 3.63) is 71.8 Å². The first-order valence-corrected chi connectivity index (χ1v) is 9.47. The molecule has 0 aliphatic carbocycles. The molecular weight excluding hydrogens is 338 g/mol. The lowest BCUT2D eigenvalue weighted by Gasteiger charge is -2.20. The Morgan fingerprint density at radius 3 is 2.33 bits per heavy atom. The second-order valence-electron chi connectivity index (χ2n) is 7.26. The SMILES string of the molecule is CC(CC(=O)N1C[C@@H](CN)[C@H](c2ccccc2)C1)NC(=O)c1ccccc1. The van der Waals surface area contributed by atoms with Crippen LogP contribution in [0, 0.1) is 5.92 Å². The van der Waals surface area contributed by atoms with E-state index in [1.807, 2.05) is 48.2 Å². The molecule has 1 heterocycles. The first-order chi connectivity index (χ1) is 13.1. The molecule has 1 aliphatic rings. The van der Waals surface area contributed by atoms with E-state index >= 15 is 0 Å². The van der Waals surface area contributed by atoms with Crippen LogP contribution in [0.15, 0.2) is 60.7 Å². The number of nitrogens with two attached hydrogens (primary N) is 1. The summed E-state index contributed by atoms with van der Waals surface area (Å²) in [5.41, 5.74) is 7.79. The zero-order valence-corrected chi connectivity index (χ0v) is 15.7. The van der Waals surface area contributed by atoms with Crippen LogP contribution in [0.3, 0.4) is 0 Å². The molecule has 1 saturated heterocycles. The monoisotopic (exact) mass is 365 g/mol. The quantitative estimate of drug-likeness (QED) is 0.825. The zero-order valence-electron chi connectivity index (χ0n) is 15.7. The molecule has 0 saturated carbocycles. The molecule has 3 atom stereocenters. The molecule has 3 N–H and O–H groups in total. The second-order valence-corrected chi connectivity index (χ2v) is 7.26. The summed E-state index contributed by atoms with van der Waals surface area (Å²) < 4.78 is 0. The number of likely N-dealkylation sites (tertiary alicyclic amines) is 1. The van der Waals surface area contributed by atoms with E-state index in [0.29, 0.717) is 25.2 Å². The standard InChI is InChI=1S/C22H27N3O2/c1-16(24-22(27)18-10-6-3-7-11-18)12-21(26)25-14-19(13-23)20(15-25)17-8-4-2-5-9-17/h2-11,16,19-20H,12-15,23H2,1H3,(H,24,27)/t16?,19-,20+/m1/s1. The average Bonchev–Trinajstić information content (AvgIpc) is 3.14. The van der Waals surface area contributed by atoms with Gasteiger partial charge in [-0.2, -0.15) is 0 Å². The van der Waals surface area contributed by atoms with Gasteiger partial charge in [0.1, 0.15) is 0 Å². The fourth-order valence-corrected chi connectivity index (χ4v) is 3.73. The van der Waals surface area contributed by atoms with E-state index in [1.165, 1.54) is 5.56 Å². The summed E-state index contributed by atoms with van der Waals surface area (Å²) in [5.74, 6) is 0.451. The van der Waals surface area contributed by atoms with Crippen LogP contribution in [-0.2, 0) is 4.79 Å². The fraction of sp³-hybridized carbons (Fsp3) is 0.364. The number of rotatable bonds is 6. The Kier molecular flexibility index (Phi) is 6.24. The van der Waals surface area contributed by atoms with Gasteiger partial charge in [-0.25, -0.2) is 0 Å². The van der Waals surface area contributed by atoms with Gasteiger partial charge in [0, 0.05) is 37.0 Å². The number of carbonyl (C=O) groups excluding carboxylic acids is 2. The van der Waals surface area contributed by atoms with Crippen LogP contribution in [0.5, 0.6) is 0 Å². The van der Waals surface area contributed by atoms with Crippen LogP contribution in [0.1, 0.15) is 35.2 Å². The Labute approximate surface area is 160 Å². The van der Waals surface area contributed by atoms with Crippen molar-refractivity contribution in [1.29, 1.82) is 0 Å². The average molecular weight is 365 g/mol. The number of carbonyl (C=O) groups is 2. The van der Waals surface area contributed by atoms with Gasteiger partial charge in [-0.15, -0.1) is 0 Å². The molecule has 142 valence electrons. The van der Waals surface area contributed by atoms with E-state index in [-0.39, 0.29) is 36.1 Å². The normalized spacial score (nSPS) is 20.3. The summed E-state index contributed by atoms with van der Waals surface area (Å²) >= 11 is 0. The third-order valence-electron chi connectivity index (χ3n) is 5.22. The van der Waals surface area contributed by atoms with Crippen molar-refractivity contribution in [1.82, 2.24) is 10.2 Å². The predicted molar refractivity (Wildman–Crippen MR) is 106 cm³/mol. The van der Waals surface area contributed by atoms with Gasteiger partial charge in [0.25, 0.3) is 5.91 Å². The van der Waals surface area contributed by atoms with Crippen molar-refractivity contribution in [3.8, 4) is 0 Å². The highest BCUT2D eigenvalue weighted by Gasteiger charge is 2.35. The van der Waals surface area contributed by atoms with E-state index in [4.69, 9.17) is 5.73 Å². The Balaban J connectivity index is 1.57. The van der Waals surface area contributed by atoms with Crippen molar-refractivity contribution in [2.75, 3.05) is 19.6 Å². The third kappa shape index (κ3) is 4.74. The van der Waals surface area contributed by atoms with Crippen molar-refractivity contribution in [3.63, 3.8) is 0 Å². The number of nitrogens with one attached hydrogen (secondary N) is 1. The Morgan fingerprint density at radius 1 is 1.07 bits per heavy atom. The molecule has 0 spiro atoms. The van der Waals surface area contributed by atoms with Gasteiger partial charge in [0.05, 0.1) is 0 Å². The molecule has 0 aromatic heterocycles. The van der Waals surface area contributed by atoms with Gasteiger partial charge >= 0.3 is 0 Å². The maximum atomic E-state index is 12.7. The van der Waals surface area contributed by atoms with Gasteiger partial charge < -0.3 is 16.0 Å². The molecular formula is C22H27N3O2. The first-order valence-electron chi connectivity index (χ1n) is 9.47. The molecule has 5 heteroatoms. The highest BCUT2D eigenvalue weighted by Crippen LogP contribution is 2.32. The molecule has 2 aromatic carbocycles. The van der Waals surface area contributed by atoms with Crippen LogP contribution in [0.25, 0.3) is 0 Å². The van der Waals surface area contributed by atoms with Gasteiger partial charge in [-0.3, -0.25) is 9.59 Å². The van der Waals surface area contributed by atoms with Crippen molar-refractivity contribution in [2.45, 2.75) is 25.3 Å². The number of benzene rings is 2. The second kappa shape index (κ2) is 8.82. The number of hydrogen-bond acceptors (Lipinski definition) is 3. The van der Waals surface area contributed by atoms with Crippen molar-refractivity contribution < 1.29 is 9.59 Å². The van der Waals surface area contributed by atoms with Crippen LogP contribution in [0.2, 0.25) is 0 Å². The molecule has 0 bridgehead atoms. The molecule has 1 unspecified atom stereocenters. The number of nitrogens with zero attached hydrogens (tertiary/aromatic N) is 1. The van der Waals surface area contributed by atoms with Gasteiger partial charge in [0.2, 0.25) is 5.91 Å². The summed E-state index contributed by atoms with van der Waals surface area (Å²) in [7, 11) is 0. The minimum atomic E-state index is -0.225. The van der Waals surface area contributed by atoms with Crippen molar-refractivity contribution >= 4 is 11.8 Å². The van der Waals surface area contributed by atoms with E-state index in [0.717, 1.165) is 0 Å². The Bertz CT molecular complexity index is 764. The highest BCUT2D eigenvalue weighted by molar-refractivity contribution is 5.94. The summed E-state index contributed by atoms with van der Waals surface area (Å²) in [6, 6.07) is 19.1. The molecule has 2 aromatic rings. The van der Waals surface area contributed by atoms with E-state index in [1.54, 1.807) is 12.1 Å². The minimum Gasteiger partial charge on any atom is -0.349 e. The predicted octanol–water partition coefficient (Wildman–Crippen LogP) is 2.40. The molecule has 1 aliphatic heterocycles. The maximum Gasteiger partial charge on any atom is 0.251 e. The van der Waals surface area contributed by atoms with Crippen LogP contribution >= 0.6 is 0 Å². The number of hydrogen-bond donors (Lipinski definition) is 2. The van der Waals surface area contributed by atoms with Crippen molar-refractivity contribution in [2.24, 2.45) is 11.7 Å². The number of amides is 2. The van der Waals surface area contributed by atoms with Gasteiger partial charge in [-0.05, 0) is 37.1 Å². The van der Waals surface area contributed by atoms with Crippen LogP contribution < -0.4 is 11.1 Å². The third-order valence-corrected chi connectivity index (χ3v) is 5.22. The molecule has 27 heavy (non-hydrogen) atoms. The highest BCUT2D eigenvalue weighted by atomic mass is 16.2. The first kappa shape index (κ1) is 19.1. The molecule has 5 nitrogen and oxygen atoms in total. The molecule has 0 radical (unpaired) electrons.